The number of sulfonamides is 1. The molecule has 104 valence electrons. The first-order valence-corrected chi connectivity index (χ1v) is 6.97. The number of hydrogen-bond donors (Lipinski definition) is 2. The van der Waals surface area contributed by atoms with Crippen molar-refractivity contribution in [2.75, 3.05) is 12.4 Å². The van der Waals surface area contributed by atoms with Gasteiger partial charge in [-0.25, -0.2) is 13.1 Å². The number of carbonyl (C=O) groups is 2. The Morgan fingerprint density at radius 2 is 2.11 bits per heavy atom. The number of carbonyl (C=O) groups excluding carboxylic acids is 1. The Kier molecular flexibility index (Phi) is 7.21. The van der Waals surface area contributed by atoms with E-state index in [1.165, 1.54) is 6.08 Å². The van der Waals surface area contributed by atoms with Crippen LogP contribution in [0.15, 0.2) is 12.7 Å². The van der Waals surface area contributed by atoms with Gasteiger partial charge < -0.3 is 9.84 Å². The van der Waals surface area contributed by atoms with E-state index in [1.54, 1.807) is 6.92 Å². The fraction of sp³-hybridized carbons (Fsp3) is 0.600. The quantitative estimate of drug-likeness (QED) is 0.450. The lowest BCUT2D eigenvalue weighted by molar-refractivity contribution is -0.142. The van der Waals surface area contributed by atoms with Crippen LogP contribution < -0.4 is 4.72 Å². The minimum Gasteiger partial charge on any atom is -0.480 e. The Balaban J connectivity index is 4.40. The van der Waals surface area contributed by atoms with E-state index < -0.39 is 33.8 Å². The van der Waals surface area contributed by atoms with Gasteiger partial charge in [-0.3, -0.25) is 9.59 Å². The summed E-state index contributed by atoms with van der Waals surface area (Å²) in [4.78, 5) is 21.7. The summed E-state index contributed by atoms with van der Waals surface area (Å²) in [7, 11) is -3.84. The highest BCUT2D eigenvalue weighted by atomic mass is 32.2. The molecule has 0 aromatic heterocycles. The molecule has 2 N–H and O–H groups in total. The van der Waals surface area contributed by atoms with Crippen LogP contribution in [0.3, 0.4) is 0 Å². The molecule has 0 bridgehead atoms. The normalized spacial score (nSPS) is 12.7. The minimum absolute atomic E-state index is 0.0338. The van der Waals surface area contributed by atoms with Crippen LogP contribution >= 0.6 is 0 Å². The highest BCUT2D eigenvalue weighted by Crippen LogP contribution is 1.99. The van der Waals surface area contributed by atoms with Crippen LogP contribution in [0.25, 0.3) is 0 Å². The summed E-state index contributed by atoms with van der Waals surface area (Å²) < 4.78 is 29.6. The van der Waals surface area contributed by atoms with Crippen molar-refractivity contribution in [1.82, 2.24) is 4.72 Å². The van der Waals surface area contributed by atoms with Crippen LogP contribution in [0.2, 0.25) is 0 Å². The molecule has 0 aromatic carbocycles. The molecule has 0 aromatic rings. The second kappa shape index (κ2) is 7.83. The summed E-state index contributed by atoms with van der Waals surface area (Å²) in [6.45, 7) is 5.11. The number of hydrogen-bond acceptors (Lipinski definition) is 5. The van der Waals surface area contributed by atoms with Crippen LogP contribution in [0.4, 0.5) is 0 Å². The third kappa shape index (κ3) is 7.02. The molecule has 0 aliphatic heterocycles. The molecule has 0 aliphatic carbocycles. The van der Waals surface area contributed by atoms with E-state index in [0.717, 1.165) is 0 Å². The smallest absolute Gasteiger partial charge is 0.322 e. The Bertz CT molecular complexity index is 403. The number of aliphatic carboxylic acids is 1. The summed E-state index contributed by atoms with van der Waals surface area (Å²) in [5, 5.41) is 8.76. The lowest BCUT2D eigenvalue weighted by Crippen LogP contribution is -2.41. The lowest BCUT2D eigenvalue weighted by Gasteiger charge is -2.12. The number of ether oxygens (including phenoxy) is 1. The van der Waals surface area contributed by atoms with Gasteiger partial charge in [0, 0.05) is 0 Å². The molecule has 1 atom stereocenters. The topological polar surface area (TPSA) is 110 Å². The number of rotatable bonds is 9. The molecule has 0 saturated carbocycles. The second-order valence-electron chi connectivity index (χ2n) is 3.41. The number of carboxylic acid groups (broad SMARTS) is 1. The van der Waals surface area contributed by atoms with E-state index >= 15 is 0 Å². The predicted molar refractivity (Wildman–Crippen MR) is 64.4 cm³/mol. The molecule has 18 heavy (non-hydrogen) atoms. The van der Waals surface area contributed by atoms with Crippen molar-refractivity contribution >= 4 is 22.0 Å². The first kappa shape index (κ1) is 16.6. The molecule has 1 unspecified atom stereocenters. The molecule has 0 fully saturated rings. The number of esters is 1. The van der Waals surface area contributed by atoms with Crippen molar-refractivity contribution < 1.29 is 27.9 Å². The molecule has 0 aliphatic rings. The Morgan fingerprint density at radius 1 is 1.50 bits per heavy atom. The first-order chi connectivity index (χ1) is 8.32. The van der Waals surface area contributed by atoms with Gasteiger partial charge in [0.15, 0.2) is 0 Å². The third-order valence-corrected chi connectivity index (χ3v) is 3.29. The number of nitrogens with one attached hydrogen (secondary N) is 1. The van der Waals surface area contributed by atoms with Crippen molar-refractivity contribution in [3.8, 4) is 0 Å². The highest BCUT2D eigenvalue weighted by molar-refractivity contribution is 7.89. The van der Waals surface area contributed by atoms with Crippen molar-refractivity contribution in [2.45, 2.75) is 25.8 Å². The van der Waals surface area contributed by atoms with Crippen molar-refractivity contribution in [3.63, 3.8) is 0 Å². The molecular formula is C10H17NO6S. The van der Waals surface area contributed by atoms with E-state index in [4.69, 9.17) is 5.11 Å². The zero-order chi connectivity index (χ0) is 14.2. The molecule has 0 radical (unpaired) electrons. The van der Waals surface area contributed by atoms with E-state index in [1.807, 2.05) is 4.72 Å². The van der Waals surface area contributed by atoms with E-state index in [0.29, 0.717) is 0 Å². The summed E-state index contributed by atoms with van der Waals surface area (Å²) in [6.07, 6.45) is 0.949. The summed E-state index contributed by atoms with van der Waals surface area (Å²) in [6, 6.07) is -1.27. The van der Waals surface area contributed by atoms with Gasteiger partial charge in [-0.05, 0) is 13.3 Å². The molecule has 7 nitrogen and oxygen atoms in total. The maximum Gasteiger partial charge on any atom is 0.322 e. The summed E-state index contributed by atoms with van der Waals surface area (Å²) in [5.74, 6) is -2.44. The summed E-state index contributed by atoms with van der Waals surface area (Å²) >= 11 is 0. The van der Waals surface area contributed by atoms with E-state index in [-0.39, 0.29) is 19.4 Å². The van der Waals surface area contributed by atoms with E-state index in [2.05, 4.69) is 11.3 Å². The SMILES string of the molecule is C=CCC(NS(=O)(=O)CCC(=O)OCC)C(=O)O. The summed E-state index contributed by atoms with van der Waals surface area (Å²) in [5.41, 5.74) is 0. The third-order valence-electron chi connectivity index (χ3n) is 1.90. The van der Waals surface area contributed by atoms with Crippen LogP contribution in [0, 0.1) is 0 Å². The highest BCUT2D eigenvalue weighted by Gasteiger charge is 2.23. The zero-order valence-corrected chi connectivity index (χ0v) is 10.9. The lowest BCUT2D eigenvalue weighted by atomic mass is 10.2. The minimum atomic E-state index is -3.84. The van der Waals surface area contributed by atoms with Crippen LogP contribution in [-0.2, 0) is 24.3 Å². The Hall–Kier alpha value is -1.41. The first-order valence-electron chi connectivity index (χ1n) is 5.31. The molecule has 8 heteroatoms. The Morgan fingerprint density at radius 3 is 2.56 bits per heavy atom. The van der Waals surface area contributed by atoms with Gasteiger partial charge in [-0.15, -0.1) is 6.58 Å². The molecule has 0 amide bonds. The average Bonchev–Trinajstić information content (AvgIpc) is 2.26. The molecule has 0 rings (SSSR count). The van der Waals surface area contributed by atoms with Gasteiger partial charge in [-0.1, -0.05) is 6.08 Å². The molecule has 0 spiro atoms. The van der Waals surface area contributed by atoms with Gasteiger partial charge in [-0.2, -0.15) is 0 Å². The fourth-order valence-corrected chi connectivity index (χ4v) is 2.28. The predicted octanol–water partition coefficient (Wildman–Crippen LogP) is -0.112. The fourth-order valence-electron chi connectivity index (χ4n) is 1.09. The van der Waals surface area contributed by atoms with Crippen LogP contribution in [0.1, 0.15) is 19.8 Å². The van der Waals surface area contributed by atoms with Crippen molar-refractivity contribution in [1.29, 1.82) is 0 Å². The zero-order valence-electron chi connectivity index (χ0n) is 10.1. The van der Waals surface area contributed by atoms with Gasteiger partial charge in [0.25, 0.3) is 0 Å². The maximum atomic E-state index is 11.5. The van der Waals surface area contributed by atoms with Gasteiger partial charge in [0.1, 0.15) is 6.04 Å². The van der Waals surface area contributed by atoms with Gasteiger partial charge in [0.05, 0.1) is 18.8 Å². The number of carboxylic acids is 1. The maximum absolute atomic E-state index is 11.5. The largest absolute Gasteiger partial charge is 0.480 e. The van der Waals surface area contributed by atoms with Gasteiger partial charge >= 0.3 is 11.9 Å². The van der Waals surface area contributed by atoms with Crippen LogP contribution in [0.5, 0.6) is 0 Å². The van der Waals surface area contributed by atoms with Gasteiger partial charge in [0.2, 0.25) is 10.0 Å². The van der Waals surface area contributed by atoms with E-state index in [9.17, 15) is 18.0 Å². The van der Waals surface area contributed by atoms with Crippen molar-refractivity contribution in [3.05, 3.63) is 12.7 Å². The van der Waals surface area contributed by atoms with Crippen molar-refractivity contribution in [2.24, 2.45) is 0 Å². The standard InChI is InChI=1S/C10H17NO6S/c1-3-5-8(10(13)14)11-18(15,16)7-6-9(12)17-4-2/h3,8,11H,1,4-7H2,2H3,(H,13,14). The molecule has 0 heterocycles. The second-order valence-corrected chi connectivity index (χ2v) is 5.28. The van der Waals surface area contributed by atoms with Crippen LogP contribution in [-0.4, -0.2) is 43.9 Å². The average molecular weight is 279 g/mol. The molecular weight excluding hydrogens is 262 g/mol. The molecule has 0 saturated heterocycles. The Labute approximate surface area is 106 Å². The monoisotopic (exact) mass is 279 g/mol.